The Balaban J connectivity index is 2.27. The summed E-state index contributed by atoms with van der Waals surface area (Å²) in [4.78, 5) is 0. The highest BCUT2D eigenvalue weighted by Crippen LogP contribution is 2.31. The van der Waals surface area contributed by atoms with Gasteiger partial charge < -0.3 is 11.1 Å². The van der Waals surface area contributed by atoms with Crippen molar-refractivity contribution >= 4 is 40.3 Å². The first-order chi connectivity index (χ1) is 7.66. The first kappa shape index (κ1) is 11.1. The summed E-state index contributed by atoms with van der Waals surface area (Å²) in [6, 6.07) is 12.9. The van der Waals surface area contributed by atoms with Gasteiger partial charge in [0.15, 0.2) is 0 Å². The van der Waals surface area contributed by atoms with Gasteiger partial charge in [-0.2, -0.15) is 0 Å². The SMILES string of the molecule is Nc1ccc(Nc2cccc(Cl)c2Cl)cc1. The molecule has 0 unspecified atom stereocenters. The van der Waals surface area contributed by atoms with E-state index in [0.29, 0.717) is 10.0 Å². The van der Waals surface area contributed by atoms with E-state index in [1.165, 1.54) is 0 Å². The van der Waals surface area contributed by atoms with Gasteiger partial charge in [0, 0.05) is 11.4 Å². The molecule has 0 radical (unpaired) electrons. The summed E-state index contributed by atoms with van der Waals surface area (Å²) in [6.45, 7) is 0. The van der Waals surface area contributed by atoms with Crippen molar-refractivity contribution in [2.24, 2.45) is 0 Å². The Bertz CT molecular complexity index is 495. The second kappa shape index (κ2) is 4.64. The molecule has 2 aromatic carbocycles. The second-order valence-electron chi connectivity index (χ2n) is 3.35. The maximum absolute atomic E-state index is 6.06. The van der Waals surface area contributed by atoms with Crippen molar-refractivity contribution in [2.45, 2.75) is 0 Å². The lowest BCUT2D eigenvalue weighted by Crippen LogP contribution is -1.92. The molecular formula is C12H10Cl2N2. The monoisotopic (exact) mass is 252 g/mol. The zero-order chi connectivity index (χ0) is 11.5. The van der Waals surface area contributed by atoms with Crippen LogP contribution < -0.4 is 11.1 Å². The van der Waals surface area contributed by atoms with Crippen LogP contribution in [0.4, 0.5) is 17.1 Å². The Kier molecular flexibility index (Phi) is 3.22. The third-order valence-corrected chi connectivity index (χ3v) is 2.96. The molecule has 0 aliphatic heterocycles. The molecule has 0 amide bonds. The average Bonchev–Trinajstić information content (AvgIpc) is 2.28. The molecule has 2 nitrogen and oxygen atoms in total. The van der Waals surface area contributed by atoms with Crippen molar-refractivity contribution in [2.75, 3.05) is 11.1 Å². The van der Waals surface area contributed by atoms with Crippen LogP contribution in [0, 0.1) is 0 Å². The largest absolute Gasteiger partial charge is 0.399 e. The average molecular weight is 253 g/mol. The quantitative estimate of drug-likeness (QED) is 0.782. The zero-order valence-corrected chi connectivity index (χ0v) is 9.89. The fourth-order valence-corrected chi connectivity index (χ4v) is 1.67. The van der Waals surface area contributed by atoms with E-state index < -0.39 is 0 Å². The molecule has 0 fully saturated rings. The molecule has 0 spiro atoms. The predicted molar refractivity (Wildman–Crippen MR) is 70.6 cm³/mol. The van der Waals surface area contributed by atoms with Crippen LogP contribution >= 0.6 is 23.2 Å². The van der Waals surface area contributed by atoms with Crippen LogP contribution in [0.1, 0.15) is 0 Å². The lowest BCUT2D eigenvalue weighted by Gasteiger charge is -2.09. The third-order valence-electron chi connectivity index (χ3n) is 2.14. The topological polar surface area (TPSA) is 38.0 Å². The van der Waals surface area contributed by atoms with Gasteiger partial charge >= 0.3 is 0 Å². The Morgan fingerprint density at radius 1 is 0.938 bits per heavy atom. The van der Waals surface area contributed by atoms with E-state index in [1.54, 1.807) is 6.07 Å². The van der Waals surface area contributed by atoms with Crippen molar-refractivity contribution in [3.63, 3.8) is 0 Å². The Morgan fingerprint density at radius 3 is 2.31 bits per heavy atom. The zero-order valence-electron chi connectivity index (χ0n) is 8.37. The van der Waals surface area contributed by atoms with Crippen LogP contribution in [-0.4, -0.2) is 0 Å². The number of halogens is 2. The van der Waals surface area contributed by atoms with Crippen LogP contribution in [-0.2, 0) is 0 Å². The van der Waals surface area contributed by atoms with Gasteiger partial charge in [-0.05, 0) is 36.4 Å². The molecule has 0 saturated heterocycles. The Morgan fingerprint density at radius 2 is 1.62 bits per heavy atom. The van der Waals surface area contributed by atoms with Crippen molar-refractivity contribution in [3.8, 4) is 0 Å². The van der Waals surface area contributed by atoms with E-state index in [-0.39, 0.29) is 0 Å². The highest BCUT2D eigenvalue weighted by molar-refractivity contribution is 6.43. The van der Waals surface area contributed by atoms with Crippen LogP contribution in [0.25, 0.3) is 0 Å². The molecule has 16 heavy (non-hydrogen) atoms. The number of hydrogen-bond donors (Lipinski definition) is 2. The number of rotatable bonds is 2. The summed E-state index contributed by atoms with van der Waals surface area (Å²) in [5.41, 5.74) is 8.02. The number of hydrogen-bond acceptors (Lipinski definition) is 2. The Hall–Kier alpha value is -1.38. The maximum atomic E-state index is 6.06. The molecule has 0 atom stereocenters. The van der Waals surface area contributed by atoms with Crippen LogP contribution in [0.15, 0.2) is 42.5 Å². The van der Waals surface area contributed by atoms with E-state index in [2.05, 4.69) is 5.32 Å². The van der Waals surface area contributed by atoms with Crippen molar-refractivity contribution in [1.82, 2.24) is 0 Å². The molecule has 0 bridgehead atoms. The summed E-state index contributed by atoms with van der Waals surface area (Å²) in [6.07, 6.45) is 0. The fourth-order valence-electron chi connectivity index (χ4n) is 1.32. The summed E-state index contributed by atoms with van der Waals surface area (Å²) in [5, 5.41) is 4.21. The molecule has 2 aromatic rings. The van der Waals surface area contributed by atoms with Gasteiger partial charge in [0.1, 0.15) is 0 Å². The van der Waals surface area contributed by atoms with Crippen LogP contribution in [0.3, 0.4) is 0 Å². The smallest absolute Gasteiger partial charge is 0.0827 e. The van der Waals surface area contributed by atoms with Crippen molar-refractivity contribution in [1.29, 1.82) is 0 Å². The highest BCUT2D eigenvalue weighted by Gasteiger charge is 2.03. The van der Waals surface area contributed by atoms with Gasteiger partial charge in [0.05, 0.1) is 15.7 Å². The molecular weight excluding hydrogens is 243 g/mol. The molecule has 2 rings (SSSR count). The lowest BCUT2D eigenvalue weighted by atomic mass is 10.2. The minimum absolute atomic E-state index is 0.515. The molecule has 0 saturated carbocycles. The molecule has 0 aromatic heterocycles. The van der Waals surface area contributed by atoms with E-state index in [1.807, 2.05) is 36.4 Å². The van der Waals surface area contributed by atoms with E-state index in [4.69, 9.17) is 28.9 Å². The minimum atomic E-state index is 0.515. The molecule has 82 valence electrons. The van der Waals surface area contributed by atoms with Gasteiger partial charge in [-0.1, -0.05) is 29.3 Å². The van der Waals surface area contributed by atoms with Gasteiger partial charge in [-0.25, -0.2) is 0 Å². The van der Waals surface area contributed by atoms with E-state index in [9.17, 15) is 0 Å². The van der Waals surface area contributed by atoms with Gasteiger partial charge in [0.2, 0.25) is 0 Å². The van der Waals surface area contributed by atoms with Gasteiger partial charge in [-0.3, -0.25) is 0 Å². The van der Waals surface area contributed by atoms with E-state index >= 15 is 0 Å². The number of nitrogens with one attached hydrogen (secondary N) is 1. The second-order valence-corrected chi connectivity index (χ2v) is 4.13. The predicted octanol–water partition coefficient (Wildman–Crippen LogP) is 4.32. The van der Waals surface area contributed by atoms with E-state index in [0.717, 1.165) is 17.1 Å². The standard InChI is InChI=1S/C12H10Cl2N2/c13-10-2-1-3-11(12(10)14)16-9-6-4-8(15)5-7-9/h1-7,16H,15H2. The van der Waals surface area contributed by atoms with Crippen LogP contribution in [0.2, 0.25) is 10.0 Å². The summed E-state index contributed by atoms with van der Waals surface area (Å²) >= 11 is 12.0. The highest BCUT2D eigenvalue weighted by atomic mass is 35.5. The molecule has 0 aliphatic rings. The number of nitrogens with two attached hydrogens (primary N) is 1. The normalized spacial score (nSPS) is 10.1. The summed E-state index contributed by atoms with van der Waals surface area (Å²) < 4.78 is 0. The Labute approximate surface area is 104 Å². The fraction of sp³-hybridized carbons (Fsp3) is 0. The number of nitrogen functional groups attached to an aromatic ring is 1. The molecule has 4 heteroatoms. The molecule has 0 heterocycles. The maximum Gasteiger partial charge on any atom is 0.0827 e. The van der Waals surface area contributed by atoms with Crippen LogP contribution in [0.5, 0.6) is 0 Å². The first-order valence-electron chi connectivity index (χ1n) is 4.73. The molecule has 3 N–H and O–H groups in total. The lowest BCUT2D eigenvalue weighted by molar-refractivity contribution is 1.55. The van der Waals surface area contributed by atoms with Gasteiger partial charge in [-0.15, -0.1) is 0 Å². The van der Waals surface area contributed by atoms with Crippen molar-refractivity contribution in [3.05, 3.63) is 52.5 Å². The van der Waals surface area contributed by atoms with Gasteiger partial charge in [0.25, 0.3) is 0 Å². The summed E-state index contributed by atoms with van der Waals surface area (Å²) in [5.74, 6) is 0. The summed E-state index contributed by atoms with van der Waals surface area (Å²) in [7, 11) is 0. The molecule has 0 aliphatic carbocycles. The first-order valence-corrected chi connectivity index (χ1v) is 5.49. The number of anilines is 3. The minimum Gasteiger partial charge on any atom is -0.399 e. The third kappa shape index (κ3) is 2.40. The van der Waals surface area contributed by atoms with Crippen molar-refractivity contribution < 1.29 is 0 Å². The number of benzene rings is 2.